The van der Waals surface area contributed by atoms with E-state index in [9.17, 15) is 4.79 Å². The van der Waals surface area contributed by atoms with Gasteiger partial charge >= 0.3 is 0 Å². The Morgan fingerprint density at radius 3 is 2.72 bits per heavy atom. The number of aromatic nitrogens is 1. The van der Waals surface area contributed by atoms with Gasteiger partial charge in [0.25, 0.3) is 5.91 Å². The van der Waals surface area contributed by atoms with Crippen molar-refractivity contribution in [3.63, 3.8) is 0 Å². The molecule has 2 aromatic carbocycles. The summed E-state index contributed by atoms with van der Waals surface area (Å²) in [6.07, 6.45) is 2.49. The summed E-state index contributed by atoms with van der Waals surface area (Å²) in [5, 5.41) is 3.23. The number of amides is 1. The van der Waals surface area contributed by atoms with Gasteiger partial charge in [0.15, 0.2) is 0 Å². The third-order valence-electron chi connectivity index (χ3n) is 5.10. The molecule has 148 valence electrons. The summed E-state index contributed by atoms with van der Waals surface area (Å²) in [4.78, 5) is 19.5. The lowest BCUT2D eigenvalue weighted by Crippen LogP contribution is -2.35. The van der Waals surface area contributed by atoms with E-state index >= 15 is 0 Å². The summed E-state index contributed by atoms with van der Waals surface area (Å²) in [7, 11) is 3.21. The summed E-state index contributed by atoms with van der Waals surface area (Å²) < 4.78 is 10.7. The van der Waals surface area contributed by atoms with E-state index in [1.54, 1.807) is 32.5 Å². The van der Waals surface area contributed by atoms with Crippen molar-refractivity contribution in [3.8, 4) is 11.5 Å². The van der Waals surface area contributed by atoms with Crippen LogP contribution in [0.3, 0.4) is 0 Å². The number of methoxy groups -OCH3 is 2. The summed E-state index contributed by atoms with van der Waals surface area (Å²) in [6, 6.07) is 17.1. The van der Waals surface area contributed by atoms with E-state index in [1.807, 2.05) is 41.3 Å². The van der Waals surface area contributed by atoms with Crippen molar-refractivity contribution < 1.29 is 14.3 Å². The van der Waals surface area contributed by atoms with Crippen molar-refractivity contribution in [2.45, 2.75) is 19.4 Å². The highest BCUT2D eigenvalue weighted by molar-refractivity contribution is 6.08. The fourth-order valence-corrected chi connectivity index (χ4v) is 3.70. The molecule has 0 fully saturated rings. The van der Waals surface area contributed by atoms with Crippen molar-refractivity contribution in [1.82, 2.24) is 4.98 Å². The number of rotatable bonds is 5. The highest BCUT2D eigenvalue weighted by Crippen LogP contribution is 2.34. The van der Waals surface area contributed by atoms with E-state index in [1.165, 1.54) is 5.56 Å². The first-order chi connectivity index (χ1) is 14.1. The number of anilines is 3. The van der Waals surface area contributed by atoms with Gasteiger partial charge in [-0.05, 0) is 49.2 Å². The van der Waals surface area contributed by atoms with Gasteiger partial charge in [-0.1, -0.05) is 18.2 Å². The van der Waals surface area contributed by atoms with E-state index in [0.29, 0.717) is 28.6 Å². The number of nitrogens with one attached hydrogen (secondary N) is 1. The van der Waals surface area contributed by atoms with Gasteiger partial charge in [-0.15, -0.1) is 0 Å². The largest absolute Gasteiger partial charge is 0.497 e. The Bertz CT molecular complexity index is 1050. The molecule has 4 rings (SSSR count). The van der Waals surface area contributed by atoms with Crippen LogP contribution in [-0.4, -0.2) is 31.2 Å². The van der Waals surface area contributed by atoms with Crippen LogP contribution in [0.15, 0.2) is 60.8 Å². The van der Waals surface area contributed by atoms with Crippen LogP contribution < -0.4 is 19.7 Å². The lowest BCUT2D eigenvalue weighted by molar-refractivity contribution is 0.0981. The molecule has 1 unspecified atom stereocenters. The second-order valence-electron chi connectivity index (χ2n) is 6.98. The number of carbonyl (C=O) groups is 1. The maximum atomic E-state index is 13.3. The molecule has 0 bridgehead atoms. The SMILES string of the molecule is COc1ccc(OC)c(Nc2cc(C(=O)N3c4ccccc4CC3C)ccn2)c1. The number of pyridine rings is 1. The Morgan fingerprint density at radius 2 is 1.93 bits per heavy atom. The molecule has 6 nitrogen and oxygen atoms in total. The van der Waals surface area contributed by atoms with Gasteiger partial charge in [0.05, 0.1) is 19.9 Å². The van der Waals surface area contributed by atoms with Crippen molar-refractivity contribution in [3.05, 3.63) is 71.9 Å². The number of para-hydroxylation sites is 1. The quantitative estimate of drug-likeness (QED) is 0.699. The minimum absolute atomic E-state index is 0.0366. The number of ether oxygens (including phenoxy) is 2. The maximum Gasteiger partial charge on any atom is 0.258 e. The van der Waals surface area contributed by atoms with E-state index in [4.69, 9.17) is 9.47 Å². The molecular formula is C23H23N3O3. The molecule has 1 N–H and O–H groups in total. The summed E-state index contributed by atoms with van der Waals surface area (Å²) in [5.41, 5.74) is 3.46. The van der Waals surface area contributed by atoms with Gasteiger partial charge in [-0.3, -0.25) is 4.79 Å². The second-order valence-corrected chi connectivity index (χ2v) is 6.98. The lowest BCUT2D eigenvalue weighted by Gasteiger charge is -2.23. The minimum Gasteiger partial charge on any atom is -0.497 e. The highest BCUT2D eigenvalue weighted by Gasteiger charge is 2.31. The van der Waals surface area contributed by atoms with E-state index < -0.39 is 0 Å². The van der Waals surface area contributed by atoms with Crippen molar-refractivity contribution >= 4 is 23.1 Å². The first kappa shape index (κ1) is 18.8. The van der Waals surface area contributed by atoms with Gasteiger partial charge in [-0.2, -0.15) is 0 Å². The fraction of sp³-hybridized carbons (Fsp3) is 0.217. The lowest BCUT2D eigenvalue weighted by atomic mass is 10.1. The zero-order valence-electron chi connectivity index (χ0n) is 16.7. The summed E-state index contributed by atoms with van der Waals surface area (Å²) in [5.74, 6) is 1.88. The molecule has 1 amide bonds. The normalized spacial score (nSPS) is 15.0. The van der Waals surface area contributed by atoms with Gasteiger partial charge in [0.1, 0.15) is 17.3 Å². The number of carbonyl (C=O) groups excluding carboxylic acids is 1. The Labute approximate surface area is 170 Å². The van der Waals surface area contributed by atoms with Gasteiger partial charge in [-0.25, -0.2) is 4.98 Å². The third-order valence-corrected chi connectivity index (χ3v) is 5.10. The zero-order valence-corrected chi connectivity index (χ0v) is 16.7. The molecule has 1 atom stereocenters. The zero-order chi connectivity index (χ0) is 20.4. The van der Waals surface area contributed by atoms with Crippen LogP contribution in [-0.2, 0) is 6.42 Å². The topological polar surface area (TPSA) is 63.7 Å². The summed E-state index contributed by atoms with van der Waals surface area (Å²) in [6.45, 7) is 2.07. The molecule has 6 heteroatoms. The Morgan fingerprint density at radius 1 is 1.10 bits per heavy atom. The predicted molar refractivity (Wildman–Crippen MR) is 113 cm³/mol. The number of nitrogens with zero attached hydrogens (tertiary/aromatic N) is 2. The average Bonchev–Trinajstić information content (AvgIpc) is 3.09. The molecule has 0 radical (unpaired) electrons. The van der Waals surface area contributed by atoms with Crippen LogP contribution in [0.2, 0.25) is 0 Å². The van der Waals surface area contributed by atoms with Crippen molar-refractivity contribution in [2.24, 2.45) is 0 Å². The first-order valence-corrected chi connectivity index (χ1v) is 9.47. The van der Waals surface area contributed by atoms with E-state index in [0.717, 1.165) is 12.1 Å². The smallest absolute Gasteiger partial charge is 0.258 e. The Hall–Kier alpha value is -3.54. The molecule has 0 aliphatic carbocycles. The van der Waals surface area contributed by atoms with Crippen molar-refractivity contribution in [1.29, 1.82) is 0 Å². The molecule has 3 aromatic rings. The molecule has 1 aromatic heterocycles. The maximum absolute atomic E-state index is 13.3. The van der Waals surface area contributed by atoms with Crippen LogP contribution in [0.4, 0.5) is 17.2 Å². The Kier molecular flexibility index (Phi) is 5.08. The van der Waals surface area contributed by atoms with Crippen LogP contribution in [0.1, 0.15) is 22.8 Å². The van der Waals surface area contributed by atoms with Crippen LogP contribution >= 0.6 is 0 Å². The highest BCUT2D eigenvalue weighted by atomic mass is 16.5. The van der Waals surface area contributed by atoms with Gasteiger partial charge in [0, 0.05) is 29.6 Å². The van der Waals surface area contributed by atoms with Crippen molar-refractivity contribution in [2.75, 3.05) is 24.4 Å². The van der Waals surface area contributed by atoms with Crippen LogP contribution in [0.25, 0.3) is 0 Å². The molecule has 1 aliphatic rings. The fourth-order valence-electron chi connectivity index (χ4n) is 3.70. The molecule has 29 heavy (non-hydrogen) atoms. The molecule has 2 heterocycles. The van der Waals surface area contributed by atoms with E-state index in [-0.39, 0.29) is 11.9 Å². The monoisotopic (exact) mass is 389 g/mol. The molecule has 0 saturated heterocycles. The van der Waals surface area contributed by atoms with E-state index in [2.05, 4.69) is 23.3 Å². The molecule has 0 saturated carbocycles. The molecule has 1 aliphatic heterocycles. The standard InChI is InChI=1S/C23H23N3O3/c1-15-12-16-6-4-5-7-20(16)26(15)23(27)17-10-11-24-22(13-17)25-19-14-18(28-2)8-9-21(19)29-3/h4-11,13-15H,12H2,1-3H3,(H,24,25). The van der Waals surface area contributed by atoms with Gasteiger partial charge in [0.2, 0.25) is 0 Å². The first-order valence-electron chi connectivity index (χ1n) is 9.47. The van der Waals surface area contributed by atoms with Crippen LogP contribution in [0.5, 0.6) is 11.5 Å². The van der Waals surface area contributed by atoms with Gasteiger partial charge < -0.3 is 19.7 Å². The number of hydrogen-bond acceptors (Lipinski definition) is 5. The Balaban J connectivity index is 1.62. The average molecular weight is 389 g/mol. The third kappa shape index (κ3) is 3.61. The molecule has 0 spiro atoms. The minimum atomic E-state index is -0.0366. The second kappa shape index (κ2) is 7.83. The number of benzene rings is 2. The van der Waals surface area contributed by atoms with Crippen LogP contribution in [0, 0.1) is 0 Å². The predicted octanol–water partition coefficient (Wildman–Crippen LogP) is 4.43. The number of fused-ring (bicyclic) bond motifs is 1. The summed E-state index contributed by atoms with van der Waals surface area (Å²) >= 11 is 0. The molecular weight excluding hydrogens is 366 g/mol. The number of hydrogen-bond donors (Lipinski definition) is 1.